The lowest BCUT2D eigenvalue weighted by Gasteiger charge is -2.05. The second-order valence-corrected chi connectivity index (χ2v) is 3.54. The van der Waals surface area contributed by atoms with Crippen LogP contribution >= 0.6 is 0 Å². The van der Waals surface area contributed by atoms with Crippen LogP contribution in [0.5, 0.6) is 0 Å². The van der Waals surface area contributed by atoms with Crippen LogP contribution in [0.25, 0.3) is 11.1 Å². The molecule has 0 aliphatic heterocycles. The van der Waals surface area contributed by atoms with Gasteiger partial charge in [-0.2, -0.15) is 0 Å². The summed E-state index contributed by atoms with van der Waals surface area (Å²) in [6.45, 7) is 0. The highest BCUT2D eigenvalue weighted by molar-refractivity contribution is 5.89. The van der Waals surface area contributed by atoms with Crippen LogP contribution in [0.2, 0.25) is 0 Å². The topological polar surface area (TPSA) is 67.1 Å². The van der Waals surface area contributed by atoms with Crippen LogP contribution in [-0.4, -0.2) is 6.03 Å². The molecule has 0 atom stereocenters. The van der Waals surface area contributed by atoms with Crippen molar-refractivity contribution in [3.05, 3.63) is 54.6 Å². The Morgan fingerprint density at radius 2 is 1.47 bits per heavy atom. The van der Waals surface area contributed by atoms with E-state index in [1.807, 2.05) is 60.0 Å². The smallest absolute Gasteiger partial charge is 0.307 e. The normalized spacial score (nSPS) is 9.71. The minimum absolute atomic E-state index is 0.433. The van der Waals surface area contributed by atoms with E-state index in [2.05, 4.69) is 5.32 Å². The van der Waals surface area contributed by atoms with E-state index in [0.29, 0.717) is 5.69 Å². The molecule has 4 heteroatoms. The number of carbonyl (C=O) groups is 1. The zero-order valence-corrected chi connectivity index (χ0v) is 9.18. The third kappa shape index (κ3) is 2.83. The van der Waals surface area contributed by atoms with Gasteiger partial charge in [-0.15, -0.1) is 0 Å². The Morgan fingerprint density at radius 3 is 2.06 bits per heavy atom. The van der Waals surface area contributed by atoms with Crippen molar-refractivity contribution in [3.63, 3.8) is 0 Å². The Balaban J connectivity index is 2.16. The molecule has 4 nitrogen and oxygen atoms in total. The number of carbonyl (C=O) groups excluding carboxylic acids is 1. The molecule has 86 valence electrons. The molecule has 4 N–H and O–H groups in total. The Labute approximate surface area is 99.4 Å². The molecule has 0 aliphatic rings. The van der Waals surface area contributed by atoms with Crippen LogP contribution in [0.1, 0.15) is 0 Å². The molecular formula is C13H13N3O. The summed E-state index contributed by atoms with van der Waals surface area (Å²) in [5, 5.41) is 2.60. The molecule has 0 saturated carbocycles. The second kappa shape index (κ2) is 5.14. The molecule has 2 aromatic rings. The molecule has 0 heterocycles. The first kappa shape index (κ1) is 11.2. The minimum atomic E-state index is -0.433. The van der Waals surface area contributed by atoms with Gasteiger partial charge in [0.1, 0.15) is 0 Å². The van der Waals surface area contributed by atoms with Gasteiger partial charge in [0.25, 0.3) is 0 Å². The summed E-state index contributed by atoms with van der Waals surface area (Å²) >= 11 is 0. The number of benzene rings is 2. The van der Waals surface area contributed by atoms with E-state index >= 15 is 0 Å². The van der Waals surface area contributed by atoms with Crippen LogP contribution in [0, 0.1) is 0 Å². The molecule has 0 aliphatic carbocycles. The summed E-state index contributed by atoms with van der Waals surface area (Å²) in [4.78, 5) is 11.0. The van der Waals surface area contributed by atoms with Gasteiger partial charge in [0, 0.05) is 5.69 Å². The molecule has 0 fully saturated rings. The van der Waals surface area contributed by atoms with Crippen molar-refractivity contribution in [3.8, 4) is 11.1 Å². The van der Waals surface area contributed by atoms with Crippen molar-refractivity contribution in [2.75, 3.05) is 5.32 Å². The van der Waals surface area contributed by atoms with E-state index in [1.54, 1.807) is 0 Å². The average Bonchev–Trinajstić information content (AvgIpc) is 2.40. The van der Waals surface area contributed by atoms with Gasteiger partial charge < -0.3 is 5.32 Å². The molecule has 0 saturated heterocycles. The molecule has 0 aromatic heterocycles. The van der Waals surface area contributed by atoms with E-state index in [0.717, 1.165) is 11.1 Å². The van der Waals surface area contributed by atoms with Crippen molar-refractivity contribution in [1.82, 2.24) is 5.43 Å². The number of nitrogens with one attached hydrogen (secondary N) is 2. The SMILES string of the molecule is NNC(=O)Nc1ccc(-c2ccccc2)cc1. The van der Waals surface area contributed by atoms with Crippen molar-refractivity contribution in [2.24, 2.45) is 5.84 Å². The standard InChI is InChI=1S/C13H13N3O/c14-16-13(17)15-12-8-6-11(7-9-12)10-4-2-1-3-5-10/h1-9H,14H2,(H2,15,16,17). The Morgan fingerprint density at radius 1 is 0.882 bits per heavy atom. The fraction of sp³-hybridized carbons (Fsp3) is 0. The quantitative estimate of drug-likeness (QED) is 0.419. The predicted molar refractivity (Wildman–Crippen MR) is 68.2 cm³/mol. The van der Waals surface area contributed by atoms with Crippen molar-refractivity contribution < 1.29 is 4.79 Å². The van der Waals surface area contributed by atoms with Crippen molar-refractivity contribution >= 4 is 11.7 Å². The first-order valence-electron chi connectivity index (χ1n) is 5.22. The highest BCUT2D eigenvalue weighted by Crippen LogP contribution is 2.20. The van der Waals surface area contributed by atoms with Crippen LogP contribution in [0.15, 0.2) is 54.6 Å². The van der Waals surface area contributed by atoms with Gasteiger partial charge in [-0.25, -0.2) is 10.6 Å². The lowest BCUT2D eigenvalue weighted by atomic mass is 10.1. The highest BCUT2D eigenvalue weighted by atomic mass is 16.2. The molecule has 0 radical (unpaired) electrons. The van der Waals surface area contributed by atoms with E-state index in [-0.39, 0.29) is 0 Å². The number of hydrazine groups is 1. The van der Waals surface area contributed by atoms with Crippen LogP contribution < -0.4 is 16.6 Å². The van der Waals surface area contributed by atoms with Gasteiger partial charge in [0.15, 0.2) is 0 Å². The molecule has 0 spiro atoms. The molecule has 0 unspecified atom stereocenters. The highest BCUT2D eigenvalue weighted by Gasteiger charge is 1.99. The summed E-state index contributed by atoms with van der Waals surface area (Å²) in [6, 6.07) is 17.2. The van der Waals surface area contributed by atoms with Gasteiger partial charge in [0.2, 0.25) is 0 Å². The Bertz CT molecular complexity index is 494. The van der Waals surface area contributed by atoms with Crippen LogP contribution in [0.4, 0.5) is 10.5 Å². The number of hydrogen-bond acceptors (Lipinski definition) is 2. The fourth-order valence-electron chi connectivity index (χ4n) is 1.54. The number of amides is 2. The maximum absolute atomic E-state index is 11.0. The first-order valence-corrected chi connectivity index (χ1v) is 5.22. The summed E-state index contributed by atoms with van der Waals surface area (Å²) in [7, 11) is 0. The van der Waals surface area contributed by atoms with Gasteiger partial charge >= 0.3 is 6.03 Å². The molecule has 17 heavy (non-hydrogen) atoms. The fourth-order valence-corrected chi connectivity index (χ4v) is 1.54. The number of nitrogens with two attached hydrogens (primary N) is 1. The van der Waals surface area contributed by atoms with Gasteiger partial charge in [0.05, 0.1) is 0 Å². The lowest BCUT2D eigenvalue weighted by molar-refractivity contribution is 0.252. The van der Waals surface area contributed by atoms with E-state index in [4.69, 9.17) is 5.84 Å². The summed E-state index contributed by atoms with van der Waals surface area (Å²) in [5.41, 5.74) is 4.95. The summed E-state index contributed by atoms with van der Waals surface area (Å²) in [5.74, 6) is 4.98. The molecule has 2 rings (SSSR count). The van der Waals surface area contributed by atoms with E-state index in [9.17, 15) is 4.79 Å². The zero-order valence-electron chi connectivity index (χ0n) is 9.18. The van der Waals surface area contributed by atoms with Crippen molar-refractivity contribution in [2.45, 2.75) is 0 Å². The largest absolute Gasteiger partial charge is 0.333 e. The minimum Gasteiger partial charge on any atom is -0.307 e. The number of anilines is 1. The maximum atomic E-state index is 11.0. The van der Waals surface area contributed by atoms with E-state index in [1.165, 1.54) is 0 Å². The third-order valence-electron chi connectivity index (χ3n) is 2.38. The number of urea groups is 1. The Hall–Kier alpha value is -2.33. The molecule has 2 aromatic carbocycles. The van der Waals surface area contributed by atoms with E-state index < -0.39 is 6.03 Å². The molecule has 2 amide bonds. The number of rotatable bonds is 2. The summed E-state index contributed by atoms with van der Waals surface area (Å²) in [6.07, 6.45) is 0. The first-order chi connectivity index (χ1) is 8.29. The summed E-state index contributed by atoms with van der Waals surface area (Å²) < 4.78 is 0. The van der Waals surface area contributed by atoms with Gasteiger partial charge in [-0.05, 0) is 23.3 Å². The lowest BCUT2D eigenvalue weighted by Crippen LogP contribution is -2.34. The zero-order chi connectivity index (χ0) is 12.1. The molecule has 0 bridgehead atoms. The maximum Gasteiger partial charge on any atom is 0.333 e. The van der Waals surface area contributed by atoms with Crippen LogP contribution in [0.3, 0.4) is 0 Å². The predicted octanol–water partition coefficient (Wildman–Crippen LogP) is 2.35. The monoisotopic (exact) mass is 227 g/mol. The van der Waals surface area contributed by atoms with Gasteiger partial charge in [-0.1, -0.05) is 42.5 Å². The van der Waals surface area contributed by atoms with Gasteiger partial charge in [-0.3, -0.25) is 5.43 Å². The van der Waals surface area contributed by atoms with Crippen molar-refractivity contribution in [1.29, 1.82) is 0 Å². The average molecular weight is 227 g/mol. The number of hydrogen-bond donors (Lipinski definition) is 3. The second-order valence-electron chi connectivity index (χ2n) is 3.54. The molecular weight excluding hydrogens is 214 g/mol. The third-order valence-corrected chi connectivity index (χ3v) is 2.38. The Kier molecular flexibility index (Phi) is 3.37. The van der Waals surface area contributed by atoms with Crippen LogP contribution in [-0.2, 0) is 0 Å².